The largest absolute Gasteiger partial charge is 0.271 e. The summed E-state index contributed by atoms with van der Waals surface area (Å²) in [5.74, 6) is -0.132. The Labute approximate surface area is 47.0 Å². The molecule has 1 heterocycles. The van der Waals surface area contributed by atoms with Crippen LogP contribution in [0, 0.1) is 12.5 Å². The van der Waals surface area contributed by atoms with Gasteiger partial charge in [-0.15, -0.1) is 0 Å². The first-order chi connectivity index (χ1) is 3.84. The standard InChI is InChI=1S/C5H4N2O/c1-2-7-5(8)3-4-6-7/h1,4H,3H2. The van der Waals surface area contributed by atoms with Gasteiger partial charge in [0.25, 0.3) is 5.91 Å². The molecule has 1 aliphatic heterocycles. The van der Waals surface area contributed by atoms with E-state index in [4.69, 9.17) is 6.42 Å². The highest BCUT2D eigenvalue weighted by molar-refractivity contribution is 5.94. The van der Waals surface area contributed by atoms with Crippen molar-refractivity contribution >= 4 is 12.1 Å². The van der Waals surface area contributed by atoms with E-state index in [0.717, 1.165) is 5.01 Å². The Morgan fingerprint density at radius 2 is 2.75 bits per heavy atom. The van der Waals surface area contributed by atoms with E-state index in [1.807, 2.05) is 0 Å². The predicted molar refractivity (Wildman–Crippen MR) is 28.8 cm³/mol. The number of carbonyl (C=O) groups excluding carboxylic acids is 1. The zero-order valence-corrected chi connectivity index (χ0v) is 4.16. The first-order valence-corrected chi connectivity index (χ1v) is 2.16. The molecule has 40 valence electrons. The number of amides is 1. The van der Waals surface area contributed by atoms with Crippen LogP contribution in [0.25, 0.3) is 0 Å². The molecule has 0 saturated heterocycles. The average molecular weight is 108 g/mol. The van der Waals surface area contributed by atoms with Crippen molar-refractivity contribution in [1.29, 1.82) is 0 Å². The van der Waals surface area contributed by atoms with Crippen molar-refractivity contribution in [3.8, 4) is 12.5 Å². The SMILES string of the molecule is C#CN1N=CCC1=O. The summed E-state index contributed by atoms with van der Waals surface area (Å²) in [6, 6.07) is 2.10. The second-order valence-electron chi connectivity index (χ2n) is 1.34. The van der Waals surface area contributed by atoms with Gasteiger partial charge in [-0.1, -0.05) is 6.42 Å². The van der Waals surface area contributed by atoms with Crippen molar-refractivity contribution in [2.45, 2.75) is 6.42 Å². The van der Waals surface area contributed by atoms with Gasteiger partial charge in [-0.25, -0.2) is 0 Å². The number of rotatable bonds is 0. The normalized spacial score (nSPS) is 16.9. The molecule has 0 fully saturated rings. The number of terminal acetylenes is 1. The Morgan fingerprint density at radius 1 is 2.00 bits per heavy atom. The van der Waals surface area contributed by atoms with E-state index in [1.54, 1.807) is 0 Å². The second-order valence-corrected chi connectivity index (χ2v) is 1.34. The van der Waals surface area contributed by atoms with Crippen molar-refractivity contribution < 1.29 is 4.79 Å². The van der Waals surface area contributed by atoms with E-state index in [0.29, 0.717) is 6.42 Å². The van der Waals surface area contributed by atoms with Gasteiger partial charge in [0.15, 0.2) is 0 Å². The van der Waals surface area contributed by atoms with E-state index in [-0.39, 0.29) is 5.91 Å². The predicted octanol–water partition coefficient (Wildman–Crippen LogP) is -0.205. The summed E-state index contributed by atoms with van der Waals surface area (Å²) in [7, 11) is 0. The number of hydrogen-bond donors (Lipinski definition) is 0. The molecule has 0 bridgehead atoms. The molecule has 3 nitrogen and oxygen atoms in total. The maximum atomic E-state index is 10.5. The molecule has 0 aromatic rings. The summed E-state index contributed by atoms with van der Waals surface area (Å²) in [4.78, 5) is 10.5. The molecular weight excluding hydrogens is 104 g/mol. The smallest absolute Gasteiger partial charge is 0.260 e. The lowest BCUT2D eigenvalue weighted by atomic mass is 10.5. The first kappa shape index (κ1) is 4.85. The molecule has 0 atom stereocenters. The molecule has 1 aliphatic rings. The topological polar surface area (TPSA) is 32.7 Å². The van der Waals surface area contributed by atoms with Crippen molar-refractivity contribution in [2.75, 3.05) is 0 Å². The van der Waals surface area contributed by atoms with E-state index < -0.39 is 0 Å². The molecule has 1 amide bonds. The van der Waals surface area contributed by atoms with E-state index in [1.165, 1.54) is 6.21 Å². The maximum absolute atomic E-state index is 10.5. The average Bonchev–Trinajstić information content (AvgIpc) is 2.14. The maximum Gasteiger partial charge on any atom is 0.260 e. The molecule has 0 aliphatic carbocycles. The Kier molecular flexibility index (Phi) is 1.01. The van der Waals surface area contributed by atoms with Gasteiger partial charge in [0, 0.05) is 12.3 Å². The molecule has 0 radical (unpaired) electrons. The van der Waals surface area contributed by atoms with Gasteiger partial charge in [-0.2, -0.15) is 10.1 Å². The third-order valence-corrected chi connectivity index (χ3v) is 0.822. The summed E-state index contributed by atoms with van der Waals surface area (Å²) < 4.78 is 0. The molecule has 1 rings (SSSR count). The summed E-state index contributed by atoms with van der Waals surface area (Å²) in [5, 5.41) is 4.54. The lowest BCUT2D eigenvalue weighted by Gasteiger charge is -1.96. The lowest BCUT2D eigenvalue weighted by molar-refractivity contribution is -0.125. The van der Waals surface area contributed by atoms with Gasteiger partial charge in [-0.3, -0.25) is 4.79 Å². The number of nitrogens with zero attached hydrogens (tertiary/aromatic N) is 2. The van der Waals surface area contributed by atoms with Gasteiger partial charge in [-0.05, 0) is 0 Å². The molecule has 0 spiro atoms. The monoisotopic (exact) mass is 108 g/mol. The quantitative estimate of drug-likeness (QED) is 0.395. The Morgan fingerprint density at radius 3 is 3.00 bits per heavy atom. The molecule has 3 heteroatoms. The zero-order chi connectivity index (χ0) is 5.98. The molecular formula is C5H4N2O. The van der Waals surface area contributed by atoms with E-state index in [2.05, 4.69) is 11.1 Å². The fraction of sp³-hybridized carbons (Fsp3) is 0.200. The van der Waals surface area contributed by atoms with Crippen LogP contribution in [-0.2, 0) is 4.79 Å². The van der Waals surface area contributed by atoms with Crippen LogP contribution in [0.2, 0.25) is 0 Å². The van der Waals surface area contributed by atoms with E-state index in [9.17, 15) is 4.79 Å². The second kappa shape index (κ2) is 1.66. The summed E-state index contributed by atoms with van der Waals surface area (Å²) in [6.07, 6.45) is 6.69. The minimum absolute atomic E-state index is 0.132. The Hall–Kier alpha value is -1.30. The third kappa shape index (κ3) is 0.562. The minimum Gasteiger partial charge on any atom is -0.271 e. The summed E-state index contributed by atoms with van der Waals surface area (Å²) >= 11 is 0. The molecule has 0 aromatic carbocycles. The molecule has 0 unspecified atom stereocenters. The van der Waals surface area contributed by atoms with Crippen LogP contribution in [0.1, 0.15) is 6.42 Å². The van der Waals surface area contributed by atoms with Crippen LogP contribution < -0.4 is 0 Å². The van der Waals surface area contributed by atoms with Gasteiger partial charge in [0.05, 0.1) is 6.42 Å². The lowest BCUT2D eigenvalue weighted by Crippen LogP contribution is -2.13. The fourth-order valence-corrected chi connectivity index (χ4v) is 0.457. The molecule has 0 saturated carbocycles. The van der Waals surface area contributed by atoms with E-state index >= 15 is 0 Å². The van der Waals surface area contributed by atoms with Gasteiger partial charge >= 0.3 is 0 Å². The zero-order valence-electron chi connectivity index (χ0n) is 4.16. The third-order valence-electron chi connectivity index (χ3n) is 0.822. The van der Waals surface area contributed by atoms with Crippen LogP contribution in [0.15, 0.2) is 5.10 Å². The van der Waals surface area contributed by atoms with Crippen LogP contribution in [0.4, 0.5) is 0 Å². The van der Waals surface area contributed by atoms with Crippen molar-refractivity contribution in [3.05, 3.63) is 0 Å². The first-order valence-electron chi connectivity index (χ1n) is 2.16. The Bertz CT molecular complexity index is 177. The van der Waals surface area contributed by atoms with Crippen LogP contribution in [0.5, 0.6) is 0 Å². The van der Waals surface area contributed by atoms with Crippen LogP contribution in [-0.4, -0.2) is 17.1 Å². The number of hydrogen-bond acceptors (Lipinski definition) is 2. The van der Waals surface area contributed by atoms with Gasteiger partial charge in [0.1, 0.15) is 0 Å². The van der Waals surface area contributed by atoms with Crippen LogP contribution in [0.3, 0.4) is 0 Å². The van der Waals surface area contributed by atoms with Crippen molar-refractivity contribution in [2.24, 2.45) is 5.10 Å². The number of carbonyl (C=O) groups is 1. The molecule has 8 heavy (non-hydrogen) atoms. The van der Waals surface area contributed by atoms with Crippen molar-refractivity contribution in [3.63, 3.8) is 0 Å². The highest BCUT2D eigenvalue weighted by Crippen LogP contribution is 1.97. The molecule has 0 aromatic heterocycles. The van der Waals surface area contributed by atoms with Crippen molar-refractivity contribution in [1.82, 2.24) is 5.01 Å². The molecule has 0 N–H and O–H groups in total. The highest BCUT2D eigenvalue weighted by Gasteiger charge is 2.12. The summed E-state index contributed by atoms with van der Waals surface area (Å²) in [6.45, 7) is 0. The van der Waals surface area contributed by atoms with Crippen LogP contribution >= 0.6 is 0 Å². The van der Waals surface area contributed by atoms with Gasteiger partial charge < -0.3 is 0 Å². The highest BCUT2D eigenvalue weighted by atomic mass is 16.2. The Balaban J connectivity index is 2.71. The van der Waals surface area contributed by atoms with Gasteiger partial charge in [0.2, 0.25) is 0 Å². The number of hydrazone groups is 1. The minimum atomic E-state index is -0.132. The fourth-order valence-electron chi connectivity index (χ4n) is 0.457. The summed E-state index contributed by atoms with van der Waals surface area (Å²) in [5.41, 5.74) is 0.